The van der Waals surface area contributed by atoms with Crippen LogP contribution in [0.4, 0.5) is 0 Å². The van der Waals surface area contributed by atoms with Crippen LogP contribution in [0.25, 0.3) is 141 Å². The molecule has 0 radical (unpaired) electrons. The van der Waals surface area contributed by atoms with Crippen LogP contribution in [0.3, 0.4) is 0 Å². The molecular weight excluding hydrogens is 917 g/mol. The largest absolute Gasteiger partial charge is 0.309 e. The van der Waals surface area contributed by atoms with Crippen LogP contribution in [-0.4, -0.2) is 24.1 Å². The number of hydrogen-bond donors (Lipinski definition) is 0. The van der Waals surface area contributed by atoms with Gasteiger partial charge in [-0.2, -0.15) is 5.26 Å². The van der Waals surface area contributed by atoms with Gasteiger partial charge in [0.1, 0.15) is 0 Å². The first-order valence-corrected chi connectivity index (χ1v) is 25.5. The molecule has 0 fully saturated rings. The average Bonchev–Trinajstić information content (AvgIpc) is 4.21. The number of aromatic nitrogens is 5. The minimum Gasteiger partial charge on any atom is -0.309 e. The van der Waals surface area contributed by atoms with Crippen molar-refractivity contribution in [1.82, 2.24) is 24.1 Å². The van der Waals surface area contributed by atoms with E-state index in [-0.39, 0.29) is 0 Å². The summed E-state index contributed by atoms with van der Waals surface area (Å²) in [6, 6.07) is 79.5. The standard InChI is InChI=1S/C64H36N6S2/c65-37-38-27-29-42(54(35-38)69-50-23-11-7-21-48(50)58-52(69)33-31-46-44-19-9-13-25-56(44)71-60(46)58)43-30-28-41(64-67-62(39-15-3-1-4-16-39)66-63(68-64)40-17-5-2-6-18-40)36-55(43)70-51-24-12-8-22-49(51)59-53(70)34-32-47-45-20-10-14-26-57(45)72-61(47)59/h1-36H. The molecule has 5 aromatic heterocycles. The lowest BCUT2D eigenvalue weighted by molar-refractivity contribution is 1.07. The van der Waals surface area contributed by atoms with Crippen molar-refractivity contribution in [2.45, 2.75) is 0 Å². The predicted octanol–water partition coefficient (Wildman–Crippen LogP) is 17.3. The van der Waals surface area contributed by atoms with Gasteiger partial charge in [-0.25, -0.2) is 15.0 Å². The molecule has 0 spiro atoms. The SMILES string of the molecule is N#Cc1ccc(-c2ccc(-c3nc(-c4ccccc4)nc(-c4ccccc4)n3)cc2-n2c3ccccc3c3c4sc5ccccc5c4ccc32)c(-n2c3ccccc3c3c4sc5ccccc5c4ccc32)c1. The molecule has 5 heterocycles. The number of rotatable bonds is 6. The van der Waals surface area contributed by atoms with E-state index in [1.165, 1.54) is 61.9 Å². The monoisotopic (exact) mass is 952 g/mol. The topological polar surface area (TPSA) is 72.3 Å². The molecule has 0 unspecified atom stereocenters. The number of para-hydroxylation sites is 2. The van der Waals surface area contributed by atoms with Gasteiger partial charge in [0.05, 0.1) is 45.1 Å². The van der Waals surface area contributed by atoms with E-state index >= 15 is 0 Å². The summed E-state index contributed by atoms with van der Waals surface area (Å²) in [4.78, 5) is 15.5. The van der Waals surface area contributed by atoms with Crippen LogP contribution >= 0.6 is 22.7 Å². The Morgan fingerprint density at radius 3 is 1.29 bits per heavy atom. The van der Waals surface area contributed by atoms with Gasteiger partial charge in [-0.1, -0.05) is 164 Å². The lowest BCUT2D eigenvalue weighted by Gasteiger charge is -2.20. The lowest BCUT2D eigenvalue weighted by atomic mass is 9.97. The van der Waals surface area contributed by atoms with Crippen molar-refractivity contribution in [3.63, 3.8) is 0 Å². The summed E-state index contributed by atoms with van der Waals surface area (Å²) < 4.78 is 9.85. The van der Waals surface area contributed by atoms with Crippen LogP contribution < -0.4 is 0 Å². The van der Waals surface area contributed by atoms with Gasteiger partial charge in [0, 0.05) is 89.7 Å². The molecule has 8 heteroatoms. The van der Waals surface area contributed by atoms with E-state index in [1.54, 1.807) is 0 Å². The summed E-state index contributed by atoms with van der Waals surface area (Å²) >= 11 is 3.69. The highest BCUT2D eigenvalue weighted by Gasteiger charge is 2.25. The molecule has 10 aromatic carbocycles. The molecule has 0 aliphatic carbocycles. The maximum Gasteiger partial charge on any atom is 0.164 e. The number of thiophene rings is 2. The van der Waals surface area contributed by atoms with E-state index < -0.39 is 0 Å². The fourth-order valence-electron chi connectivity index (χ4n) is 11.0. The van der Waals surface area contributed by atoms with E-state index in [4.69, 9.17) is 15.0 Å². The molecule has 0 aliphatic rings. The Morgan fingerprint density at radius 2 is 0.778 bits per heavy atom. The van der Waals surface area contributed by atoms with Gasteiger partial charge in [-0.3, -0.25) is 0 Å². The van der Waals surface area contributed by atoms with Crippen molar-refractivity contribution >= 4 is 107 Å². The number of hydrogen-bond acceptors (Lipinski definition) is 6. The third-order valence-corrected chi connectivity index (χ3v) is 16.6. The van der Waals surface area contributed by atoms with Gasteiger partial charge in [-0.15, -0.1) is 22.7 Å². The van der Waals surface area contributed by atoms with Crippen LogP contribution in [-0.2, 0) is 0 Å². The smallest absolute Gasteiger partial charge is 0.164 e. The van der Waals surface area contributed by atoms with E-state index in [0.717, 1.165) is 61.3 Å². The van der Waals surface area contributed by atoms with Crippen LogP contribution in [0.2, 0.25) is 0 Å². The molecule has 0 atom stereocenters. The first-order chi connectivity index (χ1) is 35.7. The van der Waals surface area contributed by atoms with Crippen molar-refractivity contribution in [3.05, 3.63) is 224 Å². The summed E-state index contributed by atoms with van der Waals surface area (Å²) in [5.41, 5.74) is 11.4. The van der Waals surface area contributed by atoms with E-state index in [2.05, 4.69) is 167 Å². The third-order valence-electron chi connectivity index (χ3n) is 14.2. The second kappa shape index (κ2) is 15.9. The molecule has 0 aliphatic heterocycles. The minimum absolute atomic E-state index is 0.568. The van der Waals surface area contributed by atoms with E-state index in [1.807, 2.05) is 89.4 Å². The molecule has 0 amide bonds. The Morgan fingerprint density at radius 1 is 0.347 bits per heavy atom. The summed E-state index contributed by atoms with van der Waals surface area (Å²) in [5.74, 6) is 1.77. The van der Waals surface area contributed by atoms with Gasteiger partial charge in [0.15, 0.2) is 17.5 Å². The predicted molar refractivity (Wildman–Crippen MR) is 301 cm³/mol. The normalized spacial score (nSPS) is 11.9. The molecule has 0 bridgehead atoms. The van der Waals surface area contributed by atoms with Crippen LogP contribution in [0.5, 0.6) is 0 Å². The number of nitrogens with zero attached hydrogens (tertiary/aromatic N) is 6. The van der Waals surface area contributed by atoms with Gasteiger partial charge in [0.25, 0.3) is 0 Å². The maximum absolute atomic E-state index is 10.6. The summed E-state index contributed by atoms with van der Waals surface area (Å²) in [5, 5.41) is 20.4. The second-order valence-corrected chi connectivity index (χ2v) is 20.3. The Hall–Kier alpha value is -9.26. The van der Waals surface area contributed by atoms with E-state index in [9.17, 15) is 5.26 Å². The van der Waals surface area contributed by atoms with Crippen molar-refractivity contribution in [2.75, 3.05) is 0 Å². The van der Waals surface area contributed by atoms with Crippen molar-refractivity contribution < 1.29 is 0 Å². The molecule has 72 heavy (non-hydrogen) atoms. The minimum atomic E-state index is 0.568. The lowest BCUT2D eigenvalue weighted by Crippen LogP contribution is -2.04. The molecule has 0 N–H and O–H groups in total. The molecule has 0 saturated carbocycles. The molecule has 15 rings (SSSR count). The van der Waals surface area contributed by atoms with Crippen molar-refractivity contribution in [3.8, 4) is 62.7 Å². The molecule has 15 aromatic rings. The third kappa shape index (κ3) is 6.09. The maximum atomic E-state index is 10.6. The quantitative estimate of drug-likeness (QED) is 0.166. The van der Waals surface area contributed by atoms with Crippen LogP contribution in [0, 0.1) is 11.3 Å². The Balaban J connectivity index is 1.05. The number of nitriles is 1. The first kappa shape index (κ1) is 40.6. The van der Waals surface area contributed by atoms with Gasteiger partial charge < -0.3 is 9.13 Å². The van der Waals surface area contributed by atoms with Crippen LogP contribution in [0.15, 0.2) is 218 Å². The second-order valence-electron chi connectivity index (χ2n) is 18.2. The van der Waals surface area contributed by atoms with Gasteiger partial charge >= 0.3 is 0 Å². The Kier molecular flexibility index (Phi) is 8.96. The van der Waals surface area contributed by atoms with Crippen molar-refractivity contribution in [1.29, 1.82) is 5.26 Å². The summed E-state index contributed by atoms with van der Waals surface area (Å²) in [7, 11) is 0. The molecule has 6 nitrogen and oxygen atoms in total. The van der Waals surface area contributed by atoms with Crippen molar-refractivity contribution in [2.24, 2.45) is 0 Å². The first-order valence-electron chi connectivity index (χ1n) is 23.9. The number of benzene rings is 10. The average molecular weight is 953 g/mol. The fraction of sp³-hybridized carbons (Fsp3) is 0. The molecular formula is C64H36N6S2. The summed E-state index contributed by atoms with van der Waals surface area (Å²) in [6.45, 7) is 0. The van der Waals surface area contributed by atoms with Crippen LogP contribution in [0.1, 0.15) is 5.56 Å². The number of fused-ring (bicyclic) bond motifs is 14. The highest BCUT2D eigenvalue weighted by Crippen LogP contribution is 2.48. The highest BCUT2D eigenvalue weighted by molar-refractivity contribution is 7.27. The van der Waals surface area contributed by atoms with E-state index in [0.29, 0.717) is 23.0 Å². The summed E-state index contributed by atoms with van der Waals surface area (Å²) in [6.07, 6.45) is 0. The molecule has 0 saturated heterocycles. The fourth-order valence-corrected chi connectivity index (χ4v) is 13.5. The van der Waals surface area contributed by atoms with Gasteiger partial charge in [-0.05, 0) is 54.6 Å². The zero-order chi connectivity index (χ0) is 47.4. The Labute approximate surface area is 420 Å². The molecule has 334 valence electrons. The zero-order valence-electron chi connectivity index (χ0n) is 38.3. The van der Waals surface area contributed by atoms with Gasteiger partial charge in [0.2, 0.25) is 0 Å². The zero-order valence-corrected chi connectivity index (χ0v) is 39.9. The highest BCUT2D eigenvalue weighted by atomic mass is 32.1. The Bertz CT molecular complexity index is 4710.